The van der Waals surface area contributed by atoms with Crippen LogP contribution in [0.1, 0.15) is 43.0 Å². The van der Waals surface area contributed by atoms with E-state index in [1.165, 1.54) is 18.4 Å². The first kappa shape index (κ1) is 16.7. The molecule has 1 heterocycles. The van der Waals surface area contributed by atoms with Gasteiger partial charge in [0, 0.05) is 31.1 Å². The number of urea groups is 1. The largest absolute Gasteiger partial charge is 0.327 e. The van der Waals surface area contributed by atoms with Crippen LogP contribution in [0.25, 0.3) is 0 Å². The number of rotatable bonds is 4. The van der Waals surface area contributed by atoms with Gasteiger partial charge < -0.3 is 9.80 Å². The van der Waals surface area contributed by atoms with Gasteiger partial charge in [-0.2, -0.15) is 0 Å². The lowest BCUT2D eigenvalue weighted by Crippen LogP contribution is -2.58. The van der Waals surface area contributed by atoms with Crippen molar-refractivity contribution in [1.82, 2.24) is 9.80 Å². The first-order valence-electron chi connectivity index (χ1n) is 8.77. The second kappa shape index (κ2) is 6.80. The van der Waals surface area contributed by atoms with Gasteiger partial charge in [-0.15, -0.1) is 0 Å². The van der Waals surface area contributed by atoms with Gasteiger partial charge in [0.2, 0.25) is 0 Å². The third-order valence-electron chi connectivity index (χ3n) is 5.22. The monoisotopic (exact) mass is 326 g/mol. The lowest BCUT2D eigenvalue weighted by molar-refractivity contribution is 0.0736. The highest BCUT2D eigenvalue weighted by atomic mass is 16.2. The Morgan fingerprint density at radius 1 is 1.17 bits per heavy atom. The fraction of sp³-hybridized carbons (Fsp3) is 0.500. The fourth-order valence-corrected chi connectivity index (χ4v) is 3.97. The summed E-state index contributed by atoms with van der Waals surface area (Å²) in [7, 11) is 1.84. The van der Waals surface area contributed by atoms with Gasteiger partial charge in [0.05, 0.1) is 6.54 Å². The van der Waals surface area contributed by atoms with Gasteiger partial charge in [-0.25, -0.2) is 4.79 Å². The Balaban J connectivity index is 1.77. The summed E-state index contributed by atoms with van der Waals surface area (Å²) in [6.07, 6.45) is 7.07. The number of Topliss-reactive ketones (excluding diaryl/α,β-unsaturated/α-hetero) is 1. The van der Waals surface area contributed by atoms with Crippen molar-refractivity contribution >= 4 is 11.8 Å². The van der Waals surface area contributed by atoms with Gasteiger partial charge in [0.15, 0.2) is 5.78 Å². The molecular formula is C20H26N2O2. The van der Waals surface area contributed by atoms with E-state index in [1.54, 1.807) is 9.80 Å². The Morgan fingerprint density at radius 3 is 2.58 bits per heavy atom. The Hall–Kier alpha value is -2.10. The minimum atomic E-state index is -0.0555. The second-order valence-electron chi connectivity index (χ2n) is 7.32. The number of hydrogen-bond donors (Lipinski definition) is 0. The zero-order chi connectivity index (χ0) is 17.2. The lowest BCUT2D eigenvalue weighted by Gasteiger charge is -2.46. The van der Waals surface area contributed by atoms with Crippen molar-refractivity contribution in [2.24, 2.45) is 5.41 Å². The topological polar surface area (TPSA) is 40.6 Å². The van der Waals surface area contributed by atoms with Crippen LogP contribution in [0.5, 0.6) is 0 Å². The Morgan fingerprint density at radius 2 is 1.92 bits per heavy atom. The fourth-order valence-electron chi connectivity index (χ4n) is 3.97. The number of carbonyl (C=O) groups excluding carboxylic acids is 2. The first-order valence-corrected chi connectivity index (χ1v) is 8.77. The third kappa shape index (κ3) is 3.37. The molecule has 0 radical (unpaired) electrons. The van der Waals surface area contributed by atoms with Crippen molar-refractivity contribution in [3.05, 3.63) is 47.5 Å². The molecule has 1 fully saturated rings. The lowest BCUT2D eigenvalue weighted by atomic mass is 9.75. The molecule has 24 heavy (non-hydrogen) atoms. The Labute approximate surface area is 144 Å². The molecule has 2 aliphatic rings. The van der Waals surface area contributed by atoms with E-state index >= 15 is 0 Å². The molecule has 3 rings (SSSR count). The molecule has 1 aliphatic heterocycles. The van der Waals surface area contributed by atoms with E-state index in [0.29, 0.717) is 12.1 Å². The van der Waals surface area contributed by atoms with Crippen molar-refractivity contribution < 1.29 is 9.59 Å². The van der Waals surface area contributed by atoms with Gasteiger partial charge in [0.1, 0.15) is 0 Å². The van der Waals surface area contributed by atoms with E-state index in [2.05, 4.69) is 13.0 Å². The van der Waals surface area contributed by atoms with Crippen LogP contribution in [0.3, 0.4) is 0 Å². The molecule has 1 aromatic carbocycles. The summed E-state index contributed by atoms with van der Waals surface area (Å²) in [6.45, 7) is 3.73. The maximum Gasteiger partial charge on any atom is 0.320 e. The summed E-state index contributed by atoms with van der Waals surface area (Å²) in [5, 5.41) is 0. The minimum absolute atomic E-state index is 0.000719. The van der Waals surface area contributed by atoms with Crippen LogP contribution < -0.4 is 0 Å². The van der Waals surface area contributed by atoms with Gasteiger partial charge >= 0.3 is 6.03 Å². The van der Waals surface area contributed by atoms with E-state index in [4.69, 9.17) is 0 Å². The highest BCUT2D eigenvalue weighted by Gasteiger charge is 2.41. The summed E-state index contributed by atoms with van der Waals surface area (Å²) < 4.78 is 0. The zero-order valence-corrected chi connectivity index (χ0v) is 14.6. The number of carbonyl (C=O) groups is 2. The minimum Gasteiger partial charge on any atom is -0.327 e. The quantitative estimate of drug-likeness (QED) is 0.624. The molecule has 0 bridgehead atoms. The van der Waals surface area contributed by atoms with Crippen molar-refractivity contribution in [2.75, 3.05) is 26.7 Å². The van der Waals surface area contributed by atoms with Gasteiger partial charge in [-0.1, -0.05) is 48.9 Å². The third-order valence-corrected chi connectivity index (χ3v) is 5.22. The highest BCUT2D eigenvalue weighted by Crippen LogP contribution is 2.38. The molecule has 0 N–H and O–H groups in total. The number of benzene rings is 1. The van der Waals surface area contributed by atoms with Crippen LogP contribution >= 0.6 is 0 Å². The summed E-state index contributed by atoms with van der Waals surface area (Å²) >= 11 is 0. The molecule has 128 valence electrons. The van der Waals surface area contributed by atoms with Gasteiger partial charge in [-0.05, 0) is 25.7 Å². The Bertz CT molecular complexity index is 653. The normalized spacial score (nSPS) is 24.8. The summed E-state index contributed by atoms with van der Waals surface area (Å²) in [5.74, 6) is -0.000719. The van der Waals surface area contributed by atoms with Crippen LogP contribution in [0.2, 0.25) is 0 Å². The standard InChI is InChI=1S/C20H26N2O2/c1-20(17-11-7-4-8-12-17)14-21(2)19(24)22(15-20)13-18(23)16-9-5-3-6-10-16/h3,5-6,9-11H,4,7-8,12-15H2,1-2H3. The van der Waals surface area contributed by atoms with E-state index in [1.807, 2.05) is 37.4 Å². The first-order chi connectivity index (χ1) is 11.5. The van der Waals surface area contributed by atoms with Crippen LogP contribution in [0.15, 0.2) is 42.0 Å². The molecule has 4 nitrogen and oxygen atoms in total. The number of amides is 2. The predicted octanol–water partition coefficient (Wildman–Crippen LogP) is 3.74. The number of ketones is 1. The van der Waals surface area contributed by atoms with Crippen LogP contribution in [-0.4, -0.2) is 48.3 Å². The van der Waals surface area contributed by atoms with Crippen molar-refractivity contribution in [3.63, 3.8) is 0 Å². The van der Waals surface area contributed by atoms with Crippen LogP contribution in [0.4, 0.5) is 4.79 Å². The SMILES string of the molecule is CN1CC(C)(C2=CCCCC2)CN(CC(=O)c2ccccc2)C1=O. The molecule has 1 atom stereocenters. The molecule has 1 aliphatic carbocycles. The molecular weight excluding hydrogens is 300 g/mol. The second-order valence-corrected chi connectivity index (χ2v) is 7.32. The average molecular weight is 326 g/mol. The predicted molar refractivity (Wildman–Crippen MR) is 95.0 cm³/mol. The number of nitrogens with zero attached hydrogens (tertiary/aromatic N) is 2. The number of hydrogen-bond acceptors (Lipinski definition) is 2. The smallest absolute Gasteiger partial charge is 0.320 e. The molecule has 1 unspecified atom stereocenters. The maximum atomic E-state index is 12.5. The van der Waals surface area contributed by atoms with E-state index in [-0.39, 0.29) is 23.8 Å². The van der Waals surface area contributed by atoms with Crippen LogP contribution in [0, 0.1) is 5.41 Å². The molecule has 1 aromatic rings. The van der Waals surface area contributed by atoms with Crippen molar-refractivity contribution in [2.45, 2.75) is 32.6 Å². The van der Waals surface area contributed by atoms with Crippen LogP contribution in [-0.2, 0) is 0 Å². The van der Waals surface area contributed by atoms with E-state index < -0.39 is 0 Å². The summed E-state index contributed by atoms with van der Waals surface area (Å²) in [4.78, 5) is 28.5. The summed E-state index contributed by atoms with van der Waals surface area (Å²) in [6, 6.07) is 9.17. The zero-order valence-electron chi connectivity index (χ0n) is 14.6. The maximum absolute atomic E-state index is 12.5. The molecule has 0 spiro atoms. The summed E-state index contributed by atoms with van der Waals surface area (Å²) in [5.41, 5.74) is 2.06. The van der Waals surface area contributed by atoms with Gasteiger partial charge in [-0.3, -0.25) is 4.79 Å². The Kier molecular flexibility index (Phi) is 4.74. The molecule has 4 heteroatoms. The number of allylic oxidation sites excluding steroid dienone is 1. The molecule has 2 amide bonds. The van der Waals surface area contributed by atoms with Crippen molar-refractivity contribution in [3.8, 4) is 0 Å². The van der Waals surface area contributed by atoms with E-state index in [9.17, 15) is 9.59 Å². The average Bonchev–Trinajstić information content (AvgIpc) is 2.61. The van der Waals surface area contributed by atoms with E-state index in [0.717, 1.165) is 19.4 Å². The van der Waals surface area contributed by atoms with Crippen molar-refractivity contribution in [1.29, 1.82) is 0 Å². The van der Waals surface area contributed by atoms with Gasteiger partial charge in [0.25, 0.3) is 0 Å². The molecule has 0 saturated carbocycles. The molecule has 0 aromatic heterocycles. The molecule has 1 saturated heterocycles. The highest BCUT2D eigenvalue weighted by molar-refractivity contribution is 5.99.